The lowest BCUT2D eigenvalue weighted by Crippen LogP contribution is -2.47. The first-order valence-electron chi connectivity index (χ1n) is 7.29. The Hall–Kier alpha value is -0.120. The molecule has 2 unspecified atom stereocenters. The minimum atomic E-state index is 0.672. The molecule has 1 aliphatic heterocycles. The lowest BCUT2D eigenvalue weighted by molar-refractivity contribution is 0.0193. The maximum atomic E-state index is 5.65. The Labute approximate surface area is 106 Å². The van der Waals surface area contributed by atoms with Crippen LogP contribution < -0.4 is 5.32 Å². The van der Waals surface area contributed by atoms with E-state index in [1.54, 1.807) is 0 Å². The second-order valence-corrected chi connectivity index (χ2v) is 5.85. The van der Waals surface area contributed by atoms with Crippen LogP contribution in [0.5, 0.6) is 0 Å². The summed E-state index contributed by atoms with van der Waals surface area (Å²) in [5.41, 5.74) is 0. The minimum Gasteiger partial charge on any atom is -0.381 e. The van der Waals surface area contributed by atoms with Gasteiger partial charge in [-0.05, 0) is 45.2 Å². The molecule has 1 N–H and O–H groups in total. The zero-order chi connectivity index (χ0) is 12.1. The summed E-state index contributed by atoms with van der Waals surface area (Å²) in [5.74, 6) is 1.67. The Bertz CT molecular complexity index is 218. The van der Waals surface area contributed by atoms with E-state index in [1.165, 1.54) is 38.8 Å². The van der Waals surface area contributed by atoms with Gasteiger partial charge in [0.2, 0.25) is 0 Å². The molecule has 0 bridgehead atoms. The summed E-state index contributed by atoms with van der Waals surface area (Å²) in [6.45, 7) is 7.74. The smallest absolute Gasteiger partial charge is 0.0521 e. The zero-order valence-corrected chi connectivity index (χ0v) is 11.5. The van der Waals surface area contributed by atoms with E-state index in [2.05, 4.69) is 24.2 Å². The second-order valence-electron chi connectivity index (χ2n) is 5.85. The van der Waals surface area contributed by atoms with Crippen molar-refractivity contribution in [2.24, 2.45) is 11.8 Å². The SMILES string of the molecule is CCCNC1CCOCC1CN(C)CC1CC1. The van der Waals surface area contributed by atoms with E-state index in [0.717, 1.165) is 25.7 Å². The standard InChI is InChI=1S/C14H28N2O/c1-3-7-15-14-6-8-17-11-13(14)10-16(2)9-12-4-5-12/h12-15H,3-11H2,1-2H3. The van der Waals surface area contributed by atoms with Gasteiger partial charge in [0.25, 0.3) is 0 Å². The lowest BCUT2D eigenvalue weighted by atomic mass is 9.95. The molecule has 2 aliphatic rings. The molecule has 2 atom stereocenters. The molecule has 0 aromatic rings. The third-order valence-corrected chi connectivity index (χ3v) is 3.94. The van der Waals surface area contributed by atoms with Gasteiger partial charge >= 0.3 is 0 Å². The second kappa shape index (κ2) is 6.72. The van der Waals surface area contributed by atoms with Crippen LogP contribution in [0.1, 0.15) is 32.6 Å². The first kappa shape index (κ1) is 13.3. The molecule has 0 radical (unpaired) electrons. The highest BCUT2D eigenvalue weighted by Crippen LogP contribution is 2.29. The van der Waals surface area contributed by atoms with Gasteiger partial charge in [-0.15, -0.1) is 0 Å². The summed E-state index contributed by atoms with van der Waals surface area (Å²) in [5, 5.41) is 3.69. The van der Waals surface area contributed by atoms with Crippen LogP contribution in [-0.4, -0.2) is 50.8 Å². The van der Waals surface area contributed by atoms with Crippen molar-refractivity contribution < 1.29 is 4.74 Å². The van der Waals surface area contributed by atoms with E-state index in [1.807, 2.05) is 0 Å². The van der Waals surface area contributed by atoms with Crippen LogP contribution >= 0.6 is 0 Å². The van der Waals surface area contributed by atoms with Gasteiger partial charge < -0.3 is 15.0 Å². The number of nitrogens with one attached hydrogen (secondary N) is 1. The highest BCUT2D eigenvalue weighted by Gasteiger charge is 2.28. The van der Waals surface area contributed by atoms with Crippen molar-refractivity contribution in [2.75, 3.05) is 39.9 Å². The molecule has 3 nitrogen and oxygen atoms in total. The summed E-state index contributed by atoms with van der Waals surface area (Å²) in [6, 6.07) is 0.672. The van der Waals surface area contributed by atoms with Crippen molar-refractivity contribution in [1.82, 2.24) is 10.2 Å². The molecule has 1 aliphatic carbocycles. The molecule has 0 aromatic carbocycles. The van der Waals surface area contributed by atoms with E-state index >= 15 is 0 Å². The van der Waals surface area contributed by atoms with Gasteiger partial charge in [-0.25, -0.2) is 0 Å². The average molecular weight is 240 g/mol. The molecular weight excluding hydrogens is 212 g/mol. The predicted octanol–water partition coefficient (Wildman–Crippen LogP) is 1.73. The molecule has 0 spiro atoms. The number of hydrogen-bond donors (Lipinski definition) is 1. The molecule has 100 valence electrons. The molecule has 2 rings (SSSR count). The molecular formula is C14H28N2O. The Balaban J connectivity index is 1.73. The third kappa shape index (κ3) is 4.57. The average Bonchev–Trinajstić information content (AvgIpc) is 3.11. The first-order chi connectivity index (χ1) is 8.29. The van der Waals surface area contributed by atoms with Gasteiger partial charge in [-0.2, -0.15) is 0 Å². The quantitative estimate of drug-likeness (QED) is 0.733. The molecule has 1 heterocycles. The summed E-state index contributed by atoms with van der Waals surface area (Å²) >= 11 is 0. The zero-order valence-electron chi connectivity index (χ0n) is 11.5. The fourth-order valence-corrected chi connectivity index (χ4v) is 2.79. The van der Waals surface area contributed by atoms with E-state index in [4.69, 9.17) is 4.74 Å². The van der Waals surface area contributed by atoms with Crippen LogP contribution in [0.3, 0.4) is 0 Å². The minimum absolute atomic E-state index is 0.672. The maximum Gasteiger partial charge on any atom is 0.0521 e. The van der Waals surface area contributed by atoms with Gasteiger partial charge in [-0.1, -0.05) is 6.92 Å². The normalized spacial score (nSPS) is 29.8. The van der Waals surface area contributed by atoms with Crippen LogP contribution in [0, 0.1) is 11.8 Å². The number of nitrogens with zero attached hydrogens (tertiary/aromatic N) is 1. The summed E-state index contributed by atoms with van der Waals surface area (Å²) in [6.07, 6.45) is 5.30. The lowest BCUT2D eigenvalue weighted by Gasteiger charge is -2.35. The molecule has 3 heteroatoms. The Morgan fingerprint density at radius 2 is 2.06 bits per heavy atom. The topological polar surface area (TPSA) is 24.5 Å². The van der Waals surface area contributed by atoms with Crippen molar-refractivity contribution in [3.8, 4) is 0 Å². The van der Waals surface area contributed by atoms with Gasteiger partial charge in [0.15, 0.2) is 0 Å². The Kier molecular flexibility index (Phi) is 5.26. The highest BCUT2D eigenvalue weighted by molar-refractivity contribution is 4.83. The summed E-state index contributed by atoms with van der Waals surface area (Å²) in [7, 11) is 2.27. The van der Waals surface area contributed by atoms with Crippen molar-refractivity contribution in [2.45, 2.75) is 38.6 Å². The van der Waals surface area contributed by atoms with Crippen molar-refractivity contribution >= 4 is 0 Å². The largest absolute Gasteiger partial charge is 0.381 e. The number of rotatable bonds is 7. The van der Waals surface area contributed by atoms with Gasteiger partial charge in [0.1, 0.15) is 0 Å². The fraction of sp³-hybridized carbons (Fsp3) is 1.00. The Morgan fingerprint density at radius 3 is 2.76 bits per heavy atom. The molecule has 0 amide bonds. The summed E-state index contributed by atoms with van der Waals surface area (Å²) in [4.78, 5) is 2.51. The molecule has 1 saturated heterocycles. The third-order valence-electron chi connectivity index (χ3n) is 3.94. The van der Waals surface area contributed by atoms with E-state index in [0.29, 0.717) is 12.0 Å². The fourth-order valence-electron chi connectivity index (χ4n) is 2.79. The van der Waals surface area contributed by atoms with Gasteiger partial charge in [0, 0.05) is 31.7 Å². The van der Waals surface area contributed by atoms with Crippen molar-refractivity contribution in [1.29, 1.82) is 0 Å². The molecule has 0 aromatic heterocycles. The van der Waals surface area contributed by atoms with E-state index in [9.17, 15) is 0 Å². The van der Waals surface area contributed by atoms with Crippen molar-refractivity contribution in [3.05, 3.63) is 0 Å². The molecule has 2 fully saturated rings. The van der Waals surface area contributed by atoms with Gasteiger partial charge in [-0.3, -0.25) is 0 Å². The highest BCUT2D eigenvalue weighted by atomic mass is 16.5. The van der Waals surface area contributed by atoms with Crippen LogP contribution in [0.15, 0.2) is 0 Å². The van der Waals surface area contributed by atoms with E-state index < -0.39 is 0 Å². The monoisotopic (exact) mass is 240 g/mol. The number of ether oxygens (including phenoxy) is 1. The molecule has 17 heavy (non-hydrogen) atoms. The predicted molar refractivity (Wildman–Crippen MR) is 71.2 cm³/mol. The maximum absolute atomic E-state index is 5.65. The Morgan fingerprint density at radius 1 is 1.24 bits per heavy atom. The summed E-state index contributed by atoms with van der Waals surface area (Å²) < 4.78 is 5.65. The van der Waals surface area contributed by atoms with Crippen LogP contribution in [0.25, 0.3) is 0 Å². The van der Waals surface area contributed by atoms with Crippen molar-refractivity contribution in [3.63, 3.8) is 0 Å². The van der Waals surface area contributed by atoms with Gasteiger partial charge in [0.05, 0.1) is 6.61 Å². The van der Waals surface area contributed by atoms with E-state index in [-0.39, 0.29) is 0 Å². The van der Waals surface area contributed by atoms with Crippen LogP contribution in [0.2, 0.25) is 0 Å². The van der Waals surface area contributed by atoms with Crippen LogP contribution in [-0.2, 0) is 4.74 Å². The number of hydrogen-bond acceptors (Lipinski definition) is 3. The molecule has 1 saturated carbocycles. The first-order valence-corrected chi connectivity index (χ1v) is 7.29. The van der Waals surface area contributed by atoms with Crippen LogP contribution in [0.4, 0.5) is 0 Å².